The largest absolute Gasteiger partial charge is 0.494 e. The molecule has 31 heavy (non-hydrogen) atoms. The number of thioether (sulfide) groups is 1. The number of hydrogen-bond donors (Lipinski definition) is 0. The van der Waals surface area contributed by atoms with E-state index in [2.05, 4.69) is 0 Å². The molecule has 1 aromatic heterocycles. The van der Waals surface area contributed by atoms with Gasteiger partial charge in [-0.05, 0) is 55.7 Å². The van der Waals surface area contributed by atoms with Crippen LogP contribution in [0.25, 0.3) is 10.2 Å². The molecule has 0 radical (unpaired) electrons. The maximum Gasteiger partial charge on any atom is 0.229 e. The van der Waals surface area contributed by atoms with E-state index in [1.165, 1.54) is 23.5 Å². The molecular weight excluding hydrogens is 435 g/mol. The second-order valence-corrected chi connectivity index (χ2v) is 9.60. The molecular formula is C23H25FN2O3S2. The van der Waals surface area contributed by atoms with Crippen LogP contribution >= 0.6 is 23.1 Å². The molecule has 1 fully saturated rings. The van der Waals surface area contributed by atoms with Crippen LogP contribution in [0.4, 0.5) is 9.52 Å². The highest BCUT2D eigenvalue weighted by atomic mass is 32.2. The lowest BCUT2D eigenvalue weighted by atomic mass is 10.2. The molecule has 0 N–H and O–H groups in total. The molecule has 2 aromatic carbocycles. The van der Waals surface area contributed by atoms with Crippen LogP contribution in [0.3, 0.4) is 0 Å². The number of nitrogens with zero attached hydrogens (tertiary/aromatic N) is 2. The smallest absolute Gasteiger partial charge is 0.229 e. The molecule has 1 aliphatic rings. The normalized spacial score (nSPS) is 16.0. The lowest BCUT2D eigenvalue weighted by molar-refractivity contribution is -0.118. The molecule has 8 heteroatoms. The summed E-state index contributed by atoms with van der Waals surface area (Å²) in [5.41, 5.74) is 1.89. The number of anilines is 1. The summed E-state index contributed by atoms with van der Waals surface area (Å²) in [5, 5.41) is 0.676. The molecule has 5 nitrogen and oxygen atoms in total. The molecule has 2 heterocycles. The molecule has 0 saturated carbocycles. The Bertz CT molecular complexity index is 1050. The van der Waals surface area contributed by atoms with Crippen LogP contribution < -0.4 is 9.64 Å². The van der Waals surface area contributed by atoms with Crippen molar-refractivity contribution in [1.82, 2.24) is 4.98 Å². The van der Waals surface area contributed by atoms with Crippen molar-refractivity contribution in [2.75, 3.05) is 30.9 Å². The van der Waals surface area contributed by atoms with Crippen LogP contribution in [0, 0.1) is 12.7 Å². The zero-order valence-electron chi connectivity index (χ0n) is 17.6. The summed E-state index contributed by atoms with van der Waals surface area (Å²) >= 11 is 3.06. The molecule has 1 saturated heterocycles. The maximum atomic E-state index is 13.2. The fourth-order valence-electron chi connectivity index (χ4n) is 3.58. The second-order valence-electron chi connectivity index (χ2n) is 7.45. The highest BCUT2D eigenvalue weighted by molar-refractivity contribution is 7.99. The molecule has 0 aliphatic carbocycles. The highest BCUT2D eigenvalue weighted by Gasteiger charge is 2.26. The predicted molar refractivity (Wildman–Crippen MR) is 124 cm³/mol. The molecule has 3 aromatic rings. The van der Waals surface area contributed by atoms with Gasteiger partial charge in [-0.3, -0.25) is 9.69 Å². The van der Waals surface area contributed by atoms with E-state index in [0.29, 0.717) is 29.6 Å². The zero-order chi connectivity index (χ0) is 21.8. The highest BCUT2D eigenvalue weighted by Crippen LogP contribution is 2.37. The van der Waals surface area contributed by atoms with Gasteiger partial charge in [0.15, 0.2) is 5.13 Å². The van der Waals surface area contributed by atoms with Gasteiger partial charge in [-0.1, -0.05) is 17.4 Å². The van der Waals surface area contributed by atoms with E-state index in [0.717, 1.165) is 40.1 Å². The number of thiazole rings is 1. The number of fused-ring (bicyclic) bond motifs is 1. The van der Waals surface area contributed by atoms with Crippen molar-refractivity contribution in [2.24, 2.45) is 0 Å². The third-order valence-electron chi connectivity index (χ3n) is 5.25. The van der Waals surface area contributed by atoms with Crippen LogP contribution in [-0.4, -0.2) is 43.0 Å². The Labute approximate surface area is 189 Å². The van der Waals surface area contributed by atoms with Gasteiger partial charge in [0.25, 0.3) is 0 Å². The maximum absolute atomic E-state index is 13.2. The van der Waals surface area contributed by atoms with Gasteiger partial charge in [-0.2, -0.15) is 0 Å². The zero-order valence-corrected chi connectivity index (χ0v) is 19.2. The van der Waals surface area contributed by atoms with E-state index in [1.54, 1.807) is 35.9 Å². The van der Waals surface area contributed by atoms with E-state index in [9.17, 15) is 9.18 Å². The average molecular weight is 461 g/mol. The topological polar surface area (TPSA) is 51.7 Å². The summed E-state index contributed by atoms with van der Waals surface area (Å²) in [5.74, 6) is 1.07. The van der Waals surface area contributed by atoms with Crippen molar-refractivity contribution >= 4 is 44.4 Å². The van der Waals surface area contributed by atoms with Gasteiger partial charge >= 0.3 is 0 Å². The Balaban J connectivity index is 1.53. The second kappa shape index (κ2) is 9.97. The van der Waals surface area contributed by atoms with Crippen molar-refractivity contribution in [2.45, 2.75) is 37.2 Å². The lowest BCUT2D eigenvalue weighted by Gasteiger charge is -2.23. The van der Waals surface area contributed by atoms with Crippen molar-refractivity contribution < 1.29 is 18.7 Å². The first-order valence-electron chi connectivity index (χ1n) is 10.3. The van der Waals surface area contributed by atoms with E-state index >= 15 is 0 Å². The van der Waals surface area contributed by atoms with Gasteiger partial charge in [0.2, 0.25) is 5.91 Å². The number of aromatic nitrogens is 1. The number of methoxy groups -OCH3 is 1. The van der Waals surface area contributed by atoms with Gasteiger partial charge in [-0.15, -0.1) is 11.8 Å². The molecule has 4 rings (SSSR count). The van der Waals surface area contributed by atoms with Gasteiger partial charge in [-0.25, -0.2) is 9.37 Å². The number of hydrogen-bond acceptors (Lipinski definition) is 6. The first-order chi connectivity index (χ1) is 15.0. The predicted octanol–water partition coefficient (Wildman–Crippen LogP) is 5.45. The first kappa shape index (κ1) is 22.0. The van der Waals surface area contributed by atoms with E-state index in [4.69, 9.17) is 14.5 Å². The molecule has 0 bridgehead atoms. The Morgan fingerprint density at radius 1 is 1.32 bits per heavy atom. The average Bonchev–Trinajstić information content (AvgIpc) is 3.44. The summed E-state index contributed by atoms with van der Waals surface area (Å²) < 4.78 is 25.4. The minimum Gasteiger partial charge on any atom is -0.494 e. The number of benzene rings is 2. The molecule has 1 aliphatic heterocycles. The van der Waals surface area contributed by atoms with Crippen molar-refractivity contribution in [3.8, 4) is 5.75 Å². The number of aryl methyl sites for hydroxylation is 1. The van der Waals surface area contributed by atoms with E-state index in [-0.39, 0.29) is 17.8 Å². The summed E-state index contributed by atoms with van der Waals surface area (Å²) in [6, 6.07) is 10.3. The minimum atomic E-state index is -0.260. The number of carbonyl (C=O) groups excluding carboxylic acids is 1. The van der Waals surface area contributed by atoms with Crippen molar-refractivity contribution in [3.05, 3.63) is 47.8 Å². The van der Waals surface area contributed by atoms with E-state index < -0.39 is 0 Å². The molecule has 1 unspecified atom stereocenters. The quantitative estimate of drug-likeness (QED) is 0.419. The third-order valence-corrected chi connectivity index (χ3v) is 7.48. The number of amides is 1. The molecule has 164 valence electrons. The number of ether oxygens (including phenoxy) is 2. The van der Waals surface area contributed by atoms with E-state index in [1.807, 2.05) is 19.1 Å². The lowest BCUT2D eigenvalue weighted by Crippen LogP contribution is -2.37. The van der Waals surface area contributed by atoms with Crippen LogP contribution in [0.1, 0.15) is 24.8 Å². The summed E-state index contributed by atoms with van der Waals surface area (Å²) in [6.45, 7) is 3.27. The fraction of sp³-hybridized carbons (Fsp3) is 0.391. The molecule has 1 amide bonds. The monoisotopic (exact) mass is 460 g/mol. The van der Waals surface area contributed by atoms with Gasteiger partial charge in [0.05, 0.1) is 24.5 Å². The Kier molecular flexibility index (Phi) is 7.09. The van der Waals surface area contributed by atoms with Crippen molar-refractivity contribution in [1.29, 1.82) is 0 Å². The number of halogens is 1. The van der Waals surface area contributed by atoms with Crippen LogP contribution in [0.2, 0.25) is 0 Å². The SMILES string of the molecule is COc1ccc(C)c2sc(N(CC3CCCO3)C(=O)CCSc3ccc(F)cc3)nc12. The Morgan fingerprint density at radius 3 is 2.84 bits per heavy atom. The van der Waals surface area contributed by atoms with Crippen molar-refractivity contribution in [3.63, 3.8) is 0 Å². The number of carbonyl (C=O) groups is 1. The summed E-state index contributed by atoms with van der Waals surface area (Å²) in [6.07, 6.45) is 2.35. The fourth-order valence-corrected chi connectivity index (χ4v) is 5.50. The third kappa shape index (κ3) is 5.19. The Hall–Kier alpha value is -2.16. The van der Waals surface area contributed by atoms with Gasteiger partial charge in [0, 0.05) is 23.7 Å². The van der Waals surface area contributed by atoms with Gasteiger partial charge < -0.3 is 9.47 Å². The molecule has 1 atom stereocenters. The van der Waals surface area contributed by atoms with Crippen LogP contribution in [0.15, 0.2) is 41.3 Å². The Morgan fingerprint density at radius 2 is 2.13 bits per heavy atom. The first-order valence-corrected chi connectivity index (χ1v) is 12.1. The van der Waals surface area contributed by atoms with Gasteiger partial charge in [0.1, 0.15) is 17.1 Å². The van der Waals surface area contributed by atoms with Crippen LogP contribution in [0.5, 0.6) is 5.75 Å². The number of rotatable bonds is 8. The summed E-state index contributed by atoms with van der Waals surface area (Å²) in [4.78, 5) is 20.7. The summed E-state index contributed by atoms with van der Waals surface area (Å²) in [7, 11) is 1.63. The molecule has 0 spiro atoms. The standard InChI is InChI=1S/C23H25FN2O3S2/c1-15-5-10-19(28-2)21-22(15)31-23(25-21)26(14-17-4-3-12-29-17)20(27)11-13-30-18-8-6-16(24)7-9-18/h5-10,17H,3-4,11-14H2,1-2H3. The van der Waals surface area contributed by atoms with Crippen LogP contribution in [-0.2, 0) is 9.53 Å². The minimum absolute atomic E-state index is 0.0146.